The van der Waals surface area contributed by atoms with Crippen molar-refractivity contribution in [1.29, 1.82) is 0 Å². The second-order valence-electron chi connectivity index (χ2n) is 7.85. The molecule has 0 N–H and O–H groups in total. The van der Waals surface area contributed by atoms with E-state index in [-0.39, 0.29) is 0 Å². The normalized spacial score (nSPS) is 11.7. The Hall–Kier alpha value is -2.39. The summed E-state index contributed by atoms with van der Waals surface area (Å²) in [5.74, 6) is 0. The highest BCUT2D eigenvalue weighted by atomic mass is 16.1. The molecule has 0 spiro atoms. The number of hydrogen-bond donors (Lipinski definition) is 0. The SMILES string of the molecule is CCCCN(CCCC)c1ccc(C(=CC=O)c2ccccc2CN(C)C)cc1. The molecule has 0 saturated carbocycles. The number of unbranched alkanes of at least 4 members (excludes halogenated alkanes) is 2. The predicted octanol–water partition coefficient (Wildman–Crippen LogP) is 5.79. The van der Waals surface area contributed by atoms with Gasteiger partial charge < -0.3 is 9.80 Å². The molecule has 0 aliphatic heterocycles. The van der Waals surface area contributed by atoms with Crippen molar-refractivity contribution >= 4 is 17.5 Å². The smallest absolute Gasteiger partial charge is 0.143 e. The highest BCUT2D eigenvalue weighted by Crippen LogP contribution is 2.28. The molecule has 156 valence electrons. The Morgan fingerprint density at radius 2 is 1.52 bits per heavy atom. The van der Waals surface area contributed by atoms with Crippen LogP contribution in [0.4, 0.5) is 5.69 Å². The van der Waals surface area contributed by atoms with Crippen LogP contribution in [0.15, 0.2) is 54.6 Å². The monoisotopic (exact) mass is 392 g/mol. The van der Waals surface area contributed by atoms with Crippen molar-refractivity contribution in [3.8, 4) is 0 Å². The summed E-state index contributed by atoms with van der Waals surface area (Å²) in [6.45, 7) is 7.51. The van der Waals surface area contributed by atoms with Gasteiger partial charge in [-0.05, 0) is 67.4 Å². The number of rotatable bonds is 12. The molecule has 0 unspecified atom stereocenters. The Balaban J connectivity index is 2.34. The predicted molar refractivity (Wildman–Crippen MR) is 125 cm³/mol. The van der Waals surface area contributed by atoms with E-state index in [0.29, 0.717) is 0 Å². The van der Waals surface area contributed by atoms with E-state index in [1.165, 1.54) is 36.9 Å². The standard InChI is InChI=1S/C26H36N2O/c1-5-7-18-28(19-8-6-2)24-15-13-22(14-16-24)26(17-20-29)25-12-10-9-11-23(25)21-27(3)4/h9-17,20H,5-8,18-19,21H2,1-4H3. The first kappa shape index (κ1) is 22.9. The van der Waals surface area contributed by atoms with Crippen LogP contribution in [0, 0.1) is 0 Å². The van der Waals surface area contributed by atoms with Crippen LogP contribution in [-0.2, 0) is 11.3 Å². The van der Waals surface area contributed by atoms with Crippen LogP contribution < -0.4 is 4.90 Å². The van der Waals surface area contributed by atoms with Gasteiger partial charge in [0.15, 0.2) is 0 Å². The van der Waals surface area contributed by atoms with Gasteiger partial charge in [-0.3, -0.25) is 4.79 Å². The third-order valence-corrected chi connectivity index (χ3v) is 5.14. The molecule has 0 bridgehead atoms. The average molecular weight is 393 g/mol. The Bertz CT molecular complexity index is 770. The fourth-order valence-electron chi connectivity index (χ4n) is 3.59. The van der Waals surface area contributed by atoms with Crippen molar-refractivity contribution in [2.45, 2.75) is 46.1 Å². The number of carbonyl (C=O) groups excluding carboxylic acids is 1. The van der Waals surface area contributed by atoms with Gasteiger partial charge in [0, 0.05) is 25.3 Å². The summed E-state index contributed by atoms with van der Waals surface area (Å²) >= 11 is 0. The van der Waals surface area contributed by atoms with E-state index in [0.717, 1.165) is 42.6 Å². The van der Waals surface area contributed by atoms with Crippen LogP contribution >= 0.6 is 0 Å². The van der Waals surface area contributed by atoms with Gasteiger partial charge in [-0.1, -0.05) is 63.1 Å². The van der Waals surface area contributed by atoms with Crippen LogP contribution in [0.5, 0.6) is 0 Å². The van der Waals surface area contributed by atoms with Crippen molar-refractivity contribution in [2.75, 3.05) is 32.1 Å². The lowest BCUT2D eigenvalue weighted by Gasteiger charge is -2.25. The number of carbonyl (C=O) groups is 1. The highest BCUT2D eigenvalue weighted by molar-refractivity contribution is 5.90. The maximum absolute atomic E-state index is 11.4. The Morgan fingerprint density at radius 3 is 2.07 bits per heavy atom. The Morgan fingerprint density at radius 1 is 0.897 bits per heavy atom. The Labute approximate surface area is 177 Å². The van der Waals surface area contributed by atoms with Crippen LogP contribution in [0.1, 0.15) is 56.2 Å². The molecule has 2 aromatic rings. The van der Waals surface area contributed by atoms with Crippen molar-refractivity contribution in [2.24, 2.45) is 0 Å². The lowest BCUT2D eigenvalue weighted by molar-refractivity contribution is -0.104. The number of anilines is 1. The fourth-order valence-corrected chi connectivity index (χ4v) is 3.59. The van der Waals surface area contributed by atoms with Crippen LogP contribution in [-0.4, -0.2) is 38.4 Å². The summed E-state index contributed by atoms with van der Waals surface area (Å²) in [5.41, 5.74) is 5.68. The van der Waals surface area contributed by atoms with Crippen molar-refractivity contribution in [1.82, 2.24) is 4.90 Å². The van der Waals surface area contributed by atoms with Crippen LogP contribution in [0.2, 0.25) is 0 Å². The molecule has 0 saturated heterocycles. The zero-order chi connectivity index (χ0) is 21.1. The van der Waals surface area contributed by atoms with Gasteiger partial charge >= 0.3 is 0 Å². The fraction of sp³-hybridized carbons (Fsp3) is 0.423. The van der Waals surface area contributed by atoms with E-state index >= 15 is 0 Å². The lowest BCUT2D eigenvalue weighted by atomic mass is 9.93. The van der Waals surface area contributed by atoms with E-state index in [2.05, 4.69) is 80.2 Å². The number of allylic oxidation sites excluding steroid dienone is 1. The maximum atomic E-state index is 11.4. The van der Waals surface area contributed by atoms with Crippen molar-refractivity contribution < 1.29 is 4.79 Å². The van der Waals surface area contributed by atoms with Gasteiger partial charge in [-0.25, -0.2) is 0 Å². The highest BCUT2D eigenvalue weighted by Gasteiger charge is 2.12. The summed E-state index contributed by atoms with van der Waals surface area (Å²) < 4.78 is 0. The third kappa shape index (κ3) is 6.86. The molecule has 0 radical (unpaired) electrons. The van der Waals surface area contributed by atoms with E-state index < -0.39 is 0 Å². The molecule has 2 aromatic carbocycles. The minimum atomic E-state index is 0.840. The van der Waals surface area contributed by atoms with Gasteiger partial charge in [-0.2, -0.15) is 0 Å². The molecule has 29 heavy (non-hydrogen) atoms. The molecular weight excluding hydrogens is 356 g/mol. The first-order valence-electron chi connectivity index (χ1n) is 10.8. The van der Waals surface area contributed by atoms with E-state index in [9.17, 15) is 4.79 Å². The molecule has 0 amide bonds. The minimum absolute atomic E-state index is 0.840. The molecule has 0 atom stereocenters. The molecular formula is C26H36N2O. The number of hydrogen-bond acceptors (Lipinski definition) is 3. The largest absolute Gasteiger partial charge is 0.372 e. The number of aldehydes is 1. The topological polar surface area (TPSA) is 23.6 Å². The molecule has 0 aromatic heterocycles. The van der Waals surface area contributed by atoms with E-state index in [1.807, 2.05) is 6.07 Å². The summed E-state index contributed by atoms with van der Waals surface area (Å²) in [6.07, 6.45) is 7.41. The Kier molecular flexibility index (Phi) is 9.66. The van der Waals surface area contributed by atoms with Crippen molar-refractivity contribution in [3.63, 3.8) is 0 Å². The summed E-state index contributed by atoms with van der Waals surface area (Å²) in [4.78, 5) is 16.1. The number of nitrogens with zero attached hydrogens (tertiary/aromatic N) is 2. The van der Waals surface area contributed by atoms with Gasteiger partial charge in [0.2, 0.25) is 0 Å². The molecule has 0 fully saturated rings. The lowest BCUT2D eigenvalue weighted by Crippen LogP contribution is -2.25. The molecule has 0 heterocycles. The van der Waals surface area contributed by atoms with E-state index in [4.69, 9.17) is 0 Å². The molecule has 0 aliphatic rings. The van der Waals surface area contributed by atoms with Gasteiger partial charge in [0.25, 0.3) is 0 Å². The zero-order valence-corrected chi connectivity index (χ0v) is 18.5. The summed E-state index contributed by atoms with van der Waals surface area (Å²) in [5, 5.41) is 0. The van der Waals surface area contributed by atoms with Gasteiger partial charge in [0.1, 0.15) is 6.29 Å². The second-order valence-corrected chi connectivity index (χ2v) is 7.85. The van der Waals surface area contributed by atoms with E-state index in [1.54, 1.807) is 6.08 Å². The second kappa shape index (κ2) is 12.2. The maximum Gasteiger partial charge on any atom is 0.143 e. The zero-order valence-electron chi connectivity index (χ0n) is 18.5. The molecule has 3 heteroatoms. The minimum Gasteiger partial charge on any atom is -0.372 e. The molecule has 2 rings (SSSR count). The van der Waals surface area contributed by atoms with Crippen molar-refractivity contribution in [3.05, 3.63) is 71.3 Å². The first-order chi connectivity index (χ1) is 14.1. The average Bonchev–Trinajstić information content (AvgIpc) is 2.73. The van der Waals surface area contributed by atoms with Gasteiger partial charge in [-0.15, -0.1) is 0 Å². The summed E-state index contributed by atoms with van der Waals surface area (Å²) in [7, 11) is 4.13. The van der Waals surface area contributed by atoms with Crippen LogP contribution in [0.25, 0.3) is 5.57 Å². The first-order valence-corrected chi connectivity index (χ1v) is 10.8. The van der Waals surface area contributed by atoms with Crippen LogP contribution in [0.3, 0.4) is 0 Å². The molecule has 3 nitrogen and oxygen atoms in total. The molecule has 0 aliphatic carbocycles. The van der Waals surface area contributed by atoms with Gasteiger partial charge in [0.05, 0.1) is 0 Å². The third-order valence-electron chi connectivity index (χ3n) is 5.14. The quantitative estimate of drug-likeness (QED) is 0.338. The summed E-state index contributed by atoms with van der Waals surface area (Å²) in [6, 6.07) is 17.1. The number of benzene rings is 2.